The minimum absolute atomic E-state index is 0.604. The fraction of sp³-hybridized carbons (Fsp3) is 0.0909. The number of halogens is 1. The molecule has 0 fully saturated rings. The number of nitrogens with zero attached hydrogens (tertiary/aromatic N) is 4. The Morgan fingerprint density at radius 3 is 2.88 bits per heavy atom. The Hall–Kier alpha value is -1.81. The molecule has 0 saturated carbocycles. The fourth-order valence-corrected chi connectivity index (χ4v) is 1.86. The standard InChI is InChI=1S/C11H9ClN4/c1-15-5-4-9(14-15)8-2-3-11-13-6-10(12)16(11)7-8/h2-7H,1H3. The van der Waals surface area contributed by atoms with Crippen molar-refractivity contribution in [1.82, 2.24) is 19.2 Å². The van der Waals surface area contributed by atoms with Crippen LogP contribution in [0.5, 0.6) is 0 Å². The van der Waals surface area contributed by atoms with Crippen LogP contribution in [0, 0.1) is 0 Å². The smallest absolute Gasteiger partial charge is 0.137 e. The van der Waals surface area contributed by atoms with Crippen molar-refractivity contribution in [3.8, 4) is 11.3 Å². The number of fused-ring (bicyclic) bond motifs is 1. The van der Waals surface area contributed by atoms with Gasteiger partial charge in [0.1, 0.15) is 10.8 Å². The molecule has 3 heterocycles. The van der Waals surface area contributed by atoms with E-state index >= 15 is 0 Å². The first kappa shape index (κ1) is 9.42. The minimum atomic E-state index is 0.604. The van der Waals surface area contributed by atoms with Crippen LogP contribution in [0.4, 0.5) is 0 Å². The largest absolute Gasteiger partial charge is 0.290 e. The third-order valence-corrected chi connectivity index (χ3v) is 2.75. The maximum atomic E-state index is 6.01. The van der Waals surface area contributed by atoms with Crippen molar-refractivity contribution in [1.29, 1.82) is 0 Å². The normalized spacial score (nSPS) is 11.1. The molecule has 0 aliphatic heterocycles. The SMILES string of the molecule is Cn1ccc(-c2ccc3ncc(Cl)n3c2)n1. The molecular weight excluding hydrogens is 224 g/mol. The molecule has 0 aliphatic carbocycles. The fourth-order valence-electron chi connectivity index (χ4n) is 1.67. The van der Waals surface area contributed by atoms with Gasteiger partial charge in [0.15, 0.2) is 0 Å². The summed E-state index contributed by atoms with van der Waals surface area (Å²) in [7, 11) is 1.90. The molecule has 0 spiro atoms. The molecule has 0 unspecified atom stereocenters. The van der Waals surface area contributed by atoms with E-state index in [1.807, 2.05) is 42.0 Å². The van der Waals surface area contributed by atoms with Crippen LogP contribution in [0.3, 0.4) is 0 Å². The zero-order chi connectivity index (χ0) is 11.1. The van der Waals surface area contributed by atoms with Gasteiger partial charge in [-0.25, -0.2) is 4.98 Å². The Kier molecular flexibility index (Phi) is 1.97. The molecule has 0 amide bonds. The van der Waals surface area contributed by atoms with Crippen molar-refractivity contribution in [3.05, 3.63) is 41.9 Å². The van der Waals surface area contributed by atoms with E-state index in [9.17, 15) is 0 Å². The first-order valence-electron chi connectivity index (χ1n) is 4.87. The van der Waals surface area contributed by atoms with Gasteiger partial charge in [0.25, 0.3) is 0 Å². The summed E-state index contributed by atoms with van der Waals surface area (Å²) in [4.78, 5) is 4.16. The van der Waals surface area contributed by atoms with Crippen LogP contribution in [0.1, 0.15) is 0 Å². The number of pyridine rings is 1. The van der Waals surface area contributed by atoms with E-state index < -0.39 is 0 Å². The third kappa shape index (κ3) is 1.39. The molecule has 0 N–H and O–H groups in total. The highest BCUT2D eigenvalue weighted by Gasteiger charge is 2.05. The summed E-state index contributed by atoms with van der Waals surface area (Å²) >= 11 is 6.01. The lowest BCUT2D eigenvalue weighted by Gasteiger charge is -1.99. The Labute approximate surface area is 97.1 Å². The summed E-state index contributed by atoms with van der Waals surface area (Å²) in [6.07, 6.45) is 5.49. The van der Waals surface area contributed by atoms with Gasteiger partial charge in [-0.05, 0) is 18.2 Å². The van der Waals surface area contributed by atoms with Crippen LogP contribution in [0.25, 0.3) is 16.9 Å². The highest BCUT2D eigenvalue weighted by atomic mass is 35.5. The molecule has 80 valence electrons. The lowest BCUT2D eigenvalue weighted by molar-refractivity contribution is 0.770. The van der Waals surface area contributed by atoms with Crippen LogP contribution in [-0.4, -0.2) is 19.2 Å². The molecule has 0 atom stereocenters. The highest BCUT2D eigenvalue weighted by molar-refractivity contribution is 6.29. The van der Waals surface area contributed by atoms with E-state index in [1.54, 1.807) is 10.9 Å². The second-order valence-corrected chi connectivity index (χ2v) is 3.99. The van der Waals surface area contributed by atoms with E-state index in [1.165, 1.54) is 0 Å². The second kappa shape index (κ2) is 3.35. The third-order valence-electron chi connectivity index (χ3n) is 2.47. The predicted octanol–water partition coefficient (Wildman–Crippen LogP) is 2.39. The zero-order valence-corrected chi connectivity index (χ0v) is 9.39. The Morgan fingerprint density at radius 2 is 2.12 bits per heavy atom. The minimum Gasteiger partial charge on any atom is -0.290 e. The maximum Gasteiger partial charge on any atom is 0.137 e. The summed E-state index contributed by atoms with van der Waals surface area (Å²) < 4.78 is 3.61. The first-order chi connectivity index (χ1) is 7.74. The molecule has 0 radical (unpaired) electrons. The van der Waals surface area contributed by atoms with Crippen LogP contribution < -0.4 is 0 Å². The van der Waals surface area contributed by atoms with Gasteiger partial charge < -0.3 is 0 Å². The van der Waals surface area contributed by atoms with Crippen molar-refractivity contribution in [2.75, 3.05) is 0 Å². The number of aryl methyl sites for hydroxylation is 1. The van der Waals surface area contributed by atoms with Gasteiger partial charge in [0.05, 0.1) is 11.9 Å². The molecule has 3 aromatic rings. The molecule has 3 aromatic heterocycles. The average Bonchev–Trinajstić information content (AvgIpc) is 2.86. The first-order valence-corrected chi connectivity index (χ1v) is 5.24. The zero-order valence-electron chi connectivity index (χ0n) is 8.63. The van der Waals surface area contributed by atoms with Gasteiger partial charge >= 0.3 is 0 Å². The van der Waals surface area contributed by atoms with Crippen molar-refractivity contribution in [2.24, 2.45) is 7.05 Å². The number of hydrogen-bond donors (Lipinski definition) is 0. The summed E-state index contributed by atoms with van der Waals surface area (Å²) in [5.41, 5.74) is 2.78. The number of rotatable bonds is 1. The lowest BCUT2D eigenvalue weighted by Crippen LogP contribution is -1.90. The van der Waals surface area contributed by atoms with Gasteiger partial charge in [-0.15, -0.1) is 0 Å². The van der Waals surface area contributed by atoms with Gasteiger partial charge in [0.2, 0.25) is 0 Å². The quantitative estimate of drug-likeness (QED) is 0.646. The number of imidazole rings is 1. The van der Waals surface area contributed by atoms with E-state index in [0.717, 1.165) is 16.9 Å². The molecule has 0 saturated heterocycles. The average molecular weight is 233 g/mol. The van der Waals surface area contributed by atoms with Crippen molar-refractivity contribution in [3.63, 3.8) is 0 Å². The van der Waals surface area contributed by atoms with Crippen LogP contribution in [-0.2, 0) is 7.05 Å². The number of aromatic nitrogens is 4. The van der Waals surface area contributed by atoms with E-state index in [0.29, 0.717) is 5.15 Å². The van der Waals surface area contributed by atoms with Crippen LogP contribution in [0.15, 0.2) is 36.8 Å². The molecule has 0 aliphatic rings. The monoisotopic (exact) mass is 232 g/mol. The Balaban J connectivity index is 2.21. The van der Waals surface area contributed by atoms with E-state index in [-0.39, 0.29) is 0 Å². The van der Waals surface area contributed by atoms with Gasteiger partial charge in [-0.2, -0.15) is 5.10 Å². The molecule has 5 heteroatoms. The Bertz CT molecular complexity index is 653. The van der Waals surface area contributed by atoms with Crippen molar-refractivity contribution < 1.29 is 0 Å². The topological polar surface area (TPSA) is 35.1 Å². The summed E-state index contributed by atoms with van der Waals surface area (Å²) in [5.74, 6) is 0. The van der Waals surface area contributed by atoms with E-state index in [2.05, 4.69) is 10.1 Å². The molecule has 16 heavy (non-hydrogen) atoms. The lowest BCUT2D eigenvalue weighted by atomic mass is 10.2. The number of hydrogen-bond acceptors (Lipinski definition) is 2. The maximum absolute atomic E-state index is 6.01. The molecule has 0 aromatic carbocycles. The second-order valence-electron chi connectivity index (χ2n) is 3.60. The summed E-state index contributed by atoms with van der Waals surface area (Å²) in [6, 6.07) is 5.88. The Morgan fingerprint density at radius 1 is 1.25 bits per heavy atom. The predicted molar refractivity (Wildman–Crippen MR) is 62.4 cm³/mol. The van der Waals surface area contributed by atoms with Crippen LogP contribution >= 0.6 is 11.6 Å². The summed E-state index contributed by atoms with van der Waals surface area (Å²) in [5, 5.41) is 4.95. The summed E-state index contributed by atoms with van der Waals surface area (Å²) in [6.45, 7) is 0. The van der Waals surface area contributed by atoms with Crippen molar-refractivity contribution in [2.45, 2.75) is 0 Å². The molecule has 4 nitrogen and oxygen atoms in total. The van der Waals surface area contributed by atoms with Crippen LogP contribution in [0.2, 0.25) is 5.15 Å². The molecule has 0 bridgehead atoms. The van der Waals surface area contributed by atoms with Gasteiger partial charge in [-0.1, -0.05) is 11.6 Å². The van der Waals surface area contributed by atoms with E-state index in [4.69, 9.17) is 11.6 Å². The molecule has 3 rings (SSSR count). The van der Waals surface area contributed by atoms with Crippen molar-refractivity contribution >= 4 is 17.2 Å². The molecular formula is C11H9ClN4. The van der Waals surface area contributed by atoms with Gasteiger partial charge in [-0.3, -0.25) is 9.08 Å². The van der Waals surface area contributed by atoms with Gasteiger partial charge in [0, 0.05) is 25.0 Å². The highest BCUT2D eigenvalue weighted by Crippen LogP contribution is 2.20.